The molecule has 0 radical (unpaired) electrons. The van der Waals surface area contributed by atoms with Gasteiger partial charge >= 0.3 is 5.97 Å². The zero-order chi connectivity index (χ0) is 20.9. The van der Waals surface area contributed by atoms with Gasteiger partial charge in [0.15, 0.2) is 12.3 Å². The lowest BCUT2D eigenvalue weighted by atomic mass is 10.1. The normalized spacial score (nSPS) is 13.8. The number of rotatable bonds is 5. The van der Waals surface area contributed by atoms with E-state index in [9.17, 15) is 14.4 Å². The van der Waals surface area contributed by atoms with Crippen LogP contribution in [0.15, 0.2) is 53.3 Å². The zero-order valence-electron chi connectivity index (χ0n) is 16.1. The number of carbonyl (C=O) groups is 2. The Morgan fingerprint density at radius 3 is 2.50 bits per heavy atom. The Bertz CT molecular complexity index is 1120. The van der Waals surface area contributed by atoms with Crippen molar-refractivity contribution in [1.82, 2.24) is 10.2 Å². The number of nitrogens with zero attached hydrogens (tertiary/aromatic N) is 2. The molecule has 9 nitrogen and oxygen atoms in total. The van der Waals surface area contributed by atoms with Crippen LogP contribution in [0.25, 0.3) is 10.8 Å². The summed E-state index contributed by atoms with van der Waals surface area (Å²) >= 11 is 0. The average molecular weight is 408 g/mol. The number of anilines is 2. The van der Waals surface area contributed by atoms with E-state index in [1.165, 1.54) is 0 Å². The number of morpholine rings is 1. The molecule has 2 N–H and O–H groups in total. The number of esters is 1. The lowest BCUT2D eigenvalue weighted by Gasteiger charge is -2.28. The summed E-state index contributed by atoms with van der Waals surface area (Å²) in [5, 5.41) is 9.41. The quantitative estimate of drug-likeness (QED) is 0.616. The van der Waals surface area contributed by atoms with Crippen molar-refractivity contribution in [2.24, 2.45) is 0 Å². The maximum Gasteiger partial charge on any atom is 0.359 e. The van der Waals surface area contributed by atoms with Gasteiger partial charge in [-0.3, -0.25) is 9.59 Å². The maximum atomic E-state index is 12.3. The lowest BCUT2D eigenvalue weighted by Crippen LogP contribution is -2.36. The van der Waals surface area contributed by atoms with Crippen LogP contribution in [0.5, 0.6) is 0 Å². The van der Waals surface area contributed by atoms with E-state index < -0.39 is 24.0 Å². The van der Waals surface area contributed by atoms with Gasteiger partial charge in [0.2, 0.25) is 0 Å². The van der Waals surface area contributed by atoms with Crippen LogP contribution in [-0.4, -0.2) is 55.0 Å². The van der Waals surface area contributed by atoms with Crippen molar-refractivity contribution in [3.05, 3.63) is 64.6 Å². The molecule has 0 unspecified atom stereocenters. The molecule has 0 bridgehead atoms. The van der Waals surface area contributed by atoms with E-state index in [4.69, 9.17) is 9.47 Å². The molecule has 4 rings (SSSR count). The van der Waals surface area contributed by atoms with Crippen LogP contribution in [-0.2, 0) is 14.3 Å². The number of hydrogen-bond acceptors (Lipinski definition) is 7. The van der Waals surface area contributed by atoms with Crippen molar-refractivity contribution in [3.63, 3.8) is 0 Å². The monoisotopic (exact) mass is 408 g/mol. The standard InChI is InChI=1S/C21H20N4O5/c26-18(22-14-5-7-15(8-6-14)25-9-11-29-12-10-25)13-30-21(28)19-16-3-1-2-4-17(16)20(27)24-23-19/h1-8H,9-13H2,(H,22,26)(H,24,27). The molecule has 1 fully saturated rings. The smallest absolute Gasteiger partial charge is 0.359 e. The Hall–Kier alpha value is -3.72. The molecule has 0 saturated carbocycles. The van der Waals surface area contributed by atoms with Gasteiger partial charge in [0.1, 0.15) is 0 Å². The first-order chi connectivity index (χ1) is 14.6. The highest BCUT2D eigenvalue weighted by atomic mass is 16.5. The van der Waals surface area contributed by atoms with Crippen molar-refractivity contribution < 1.29 is 19.1 Å². The Balaban J connectivity index is 1.35. The molecule has 1 amide bonds. The van der Waals surface area contributed by atoms with Gasteiger partial charge in [-0.05, 0) is 30.3 Å². The predicted octanol–water partition coefficient (Wildman–Crippen LogP) is 1.56. The number of nitrogens with one attached hydrogen (secondary N) is 2. The molecule has 0 aliphatic carbocycles. The minimum atomic E-state index is -0.791. The molecule has 9 heteroatoms. The molecule has 3 aromatic rings. The number of amides is 1. The summed E-state index contributed by atoms with van der Waals surface area (Å²) < 4.78 is 10.4. The van der Waals surface area contributed by atoms with Crippen molar-refractivity contribution in [2.45, 2.75) is 0 Å². The summed E-state index contributed by atoms with van der Waals surface area (Å²) in [6, 6.07) is 14.0. The summed E-state index contributed by atoms with van der Waals surface area (Å²) in [6.07, 6.45) is 0. The fourth-order valence-corrected chi connectivity index (χ4v) is 3.24. The number of carbonyl (C=O) groups excluding carboxylic acids is 2. The fraction of sp³-hybridized carbons (Fsp3) is 0.238. The fourth-order valence-electron chi connectivity index (χ4n) is 3.24. The molecule has 1 aromatic heterocycles. The molecule has 2 heterocycles. The number of H-pyrrole nitrogens is 1. The lowest BCUT2D eigenvalue weighted by molar-refractivity contribution is -0.119. The third-order valence-corrected chi connectivity index (χ3v) is 4.75. The Labute approximate surface area is 171 Å². The van der Waals surface area contributed by atoms with Crippen LogP contribution >= 0.6 is 0 Å². The molecule has 2 aromatic carbocycles. The number of benzene rings is 2. The number of aromatic amines is 1. The highest BCUT2D eigenvalue weighted by Crippen LogP contribution is 2.19. The van der Waals surface area contributed by atoms with E-state index in [2.05, 4.69) is 20.4 Å². The summed E-state index contributed by atoms with van der Waals surface area (Å²) in [7, 11) is 0. The van der Waals surface area contributed by atoms with Crippen LogP contribution < -0.4 is 15.8 Å². The Morgan fingerprint density at radius 2 is 1.77 bits per heavy atom. The largest absolute Gasteiger partial charge is 0.451 e. The topological polar surface area (TPSA) is 114 Å². The molecular weight excluding hydrogens is 388 g/mol. The van der Waals surface area contributed by atoms with Gasteiger partial charge in [0.25, 0.3) is 11.5 Å². The molecule has 154 valence electrons. The molecule has 1 saturated heterocycles. The molecule has 0 atom stereocenters. The first-order valence-corrected chi connectivity index (χ1v) is 9.49. The van der Waals surface area contributed by atoms with Gasteiger partial charge in [-0.15, -0.1) is 0 Å². The zero-order valence-corrected chi connectivity index (χ0v) is 16.1. The number of fused-ring (bicyclic) bond motifs is 1. The third-order valence-electron chi connectivity index (χ3n) is 4.75. The van der Waals surface area contributed by atoms with E-state index in [1.807, 2.05) is 12.1 Å². The third kappa shape index (κ3) is 4.31. The Morgan fingerprint density at radius 1 is 1.07 bits per heavy atom. The molecule has 1 aliphatic heterocycles. The average Bonchev–Trinajstić information content (AvgIpc) is 2.79. The summed E-state index contributed by atoms with van der Waals surface area (Å²) in [6.45, 7) is 2.58. The van der Waals surface area contributed by atoms with Crippen LogP contribution in [0.2, 0.25) is 0 Å². The number of hydrogen-bond donors (Lipinski definition) is 2. The van der Waals surface area contributed by atoms with Gasteiger partial charge < -0.3 is 19.7 Å². The van der Waals surface area contributed by atoms with Gasteiger partial charge in [-0.2, -0.15) is 5.10 Å². The number of aromatic nitrogens is 2. The summed E-state index contributed by atoms with van der Waals surface area (Å²) in [4.78, 5) is 38.5. The predicted molar refractivity (Wildman–Crippen MR) is 111 cm³/mol. The van der Waals surface area contributed by atoms with Crippen LogP contribution in [0, 0.1) is 0 Å². The number of ether oxygens (including phenoxy) is 2. The van der Waals surface area contributed by atoms with Crippen molar-refractivity contribution in [2.75, 3.05) is 43.1 Å². The van der Waals surface area contributed by atoms with Crippen LogP contribution in [0.3, 0.4) is 0 Å². The van der Waals surface area contributed by atoms with Gasteiger partial charge in [-0.1, -0.05) is 18.2 Å². The summed E-state index contributed by atoms with van der Waals surface area (Å²) in [5.74, 6) is -1.27. The first kappa shape index (κ1) is 19.6. The van der Waals surface area contributed by atoms with Crippen molar-refractivity contribution >= 4 is 34.0 Å². The van der Waals surface area contributed by atoms with Crippen molar-refractivity contribution in [3.8, 4) is 0 Å². The first-order valence-electron chi connectivity index (χ1n) is 9.49. The molecule has 0 spiro atoms. The van der Waals surface area contributed by atoms with Crippen LogP contribution in [0.1, 0.15) is 10.5 Å². The van der Waals surface area contributed by atoms with Gasteiger partial charge in [0.05, 0.1) is 18.6 Å². The van der Waals surface area contributed by atoms with E-state index in [1.54, 1.807) is 36.4 Å². The van der Waals surface area contributed by atoms with E-state index in [0.29, 0.717) is 29.7 Å². The highest BCUT2D eigenvalue weighted by Gasteiger charge is 2.17. The minimum Gasteiger partial charge on any atom is -0.451 e. The van der Waals surface area contributed by atoms with E-state index >= 15 is 0 Å². The van der Waals surface area contributed by atoms with Gasteiger partial charge in [-0.25, -0.2) is 9.89 Å². The molecule has 30 heavy (non-hydrogen) atoms. The SMILES string of the molecule is O=C(COC(=O)c1n[nH]c(=O)c2ccccc12)Nc1ccc(N2CCOCC2)cc1. The molecular formula is C21H20N4O5. The Kier molecular flexibility index (Phi) is 5.71. The minimum absolute atomic E-state index is 0.0483. The maximum absolute atomic E-state index is 12.3. The highest BCUT2D eigenvalue weighted by molar-refractivity contribution is 6.03. The van der Waals surface area contributed by atoms with E-state index in [0.717, 1.165) is 18.8 Å². The van der Waals surface area contributed by atoms with Crippen LogP contribution in [0.4, 0.5) is 11.4 Å². The summed E-state index contributed by atoms with van der Waals surface area (Å²) in [5.41, 5.74) is 1.20. The second-order valence-corrected chi connectivity index (χ2v) is 6.72. The second kappa shape index (κ2) is 8.75. The van der Waals surface area contributed by atoms with E-state index in [-0.39, 0.29) is 5.69 Å². The second-order valence-electron chi connectivity index (χ2n) is 6.72. The molecule has 1 aliphatic rings. The van der Waals surface area contributed by atoms with Crippen molar-refractivity contribution in [1.29, 1.82) is 0 Å². The van der Waals surface area contributed by atoms with Gasteiger partial charge in [0, 0.05) is 29.9 Å².